The number of aromatic nitrogens is 1. The Morgan fingerprint density at radius 2 is 2.00 bits per heavy atom. The molecule has 0 aliphatic carbocycles. The van der Waals surface area contributed by atoms with Gasteiger partial charge >= 0.3 is 0 Å². The Kier molecular flexibility index (Phi) is 5.49. The predicted molar refractivity (Wildman–Crippen MR) is 85.0 cm³/mol. The van der Waals surface area contributed by atoms with Crippen LogP contribution < -0.4 is 10.9 Å². The maximum Gasteiger partial charge on any atom is 0.261 e. The van der Waals surface area contributed by atoms with E-state index in [0.717, 1.165) is 5.56 Å². The Hall–Kier alpha value is -2.40. The number of carbonyl (C=O) groups is 1. The zero-order valence-electron chi connectivity index (χ0n) is 12.5. The summed E-state index contributed by atoms with van der Waals surface area (Å²) in [5, 5.41) is 12.0. The van der Waals surface area contributed by atoms with E-state index in [1.807, 2.05) is 30.3 Å². The van der Waals surface area contributed by atoms with Gasteiger partial charge in [0.25, 0.3) is 11.5 Å². The van der Waals surface area contributed by atoms with Gasteiger partial charge in [-0.3, -0.25) is 9.59 Å². The summed E-state index contributed by atoms with van der Waals surface area (Å²) in [7, 11) is 0. The van der Waals surface area contributed by atoms with Crippen LogP contribution in [0.4, 0.5) is 0 Å². The normalized spacial score (nSPS) is 11.9. The van der Waals surface area contributed by atoms with Crippen LogP contribution >= 0.6 is 0 Å². The molecule has 116 valence electrons. The van der Waals surface area contributed by atoms with Crippen molar-refractivity contribution in [3.05, 3.63) is 69.6 Å². The Labute approximate surface area is 129 Å². The van der Waals surface area contributed by atoms with Gasteiger partial charge in [0.2, 0.25) is 0 Å². The van der Waals surface area contributed by atoms with Crippen LogP contribution in [0.1, 0.15) is 33.8 Å². The molecule has 1 atom stereocenters. The summed E-state index contributed by atoms with van der Waals surface area (Å²) in [6.07, 6.45) is 2.07. The molecule has 2 aromatic rings. The van der Waals surface area contributed by atoms with E-state index in [0.29, 0.717) is 18.5 Å². The number of rotatable bonds is 6. The molecule has 0 aliphatic rings. The third-order valence-corrected chi connectivity index (χ3v) is 3.65. The lowest BCUT2D eigenvalue weighted by Gasteiger charge is -2.17. The standard InChI is InChI=1S/C17H20N2O3/c1-12-7-9-18-16(21)15(12)17(22)19-11-14(8-10-20)13-5-3-2-4-6-13/h2-7,9,14,20H,8,10-11H2,1H3,(H,18,21)(H,19,22). The summed E-state index contributed by atoms with van der Waals surface area (Å²) >= 11 is 0. The van der Waals surface area contributed by atoms with Crippen molar-refractivity contribution in [1.82, 2.24) is 10.3 Å². The number of hydrogen-bond acceptors (Lipinski definition) is 3. The zero-order chi connectivity index (χ0) is 15.9. The number of aryl methyl sites for hydroxylation is 1. The number of hydrogen-bond donors (Lipinski definition) is 3. The molecule has 0 spiro atoms. The number of H-pyrrole nitrogens is 1. The van der Waals surface area contributed by atoms with Gasteiger partial charge in [-0.05, 0) is 30.5 Å². The van der Waals surface area contributed by atoms with Gasteiger partial charge in [-0.15, -0.1) is 0 Å². The van der Waals surface area contributed by atoms with Crippen LogP contribution in [0.3, 0.4) is 0 Å². The molecule has 1 aromatic heterocycles. The van der Waals surface area contributed by atoms with Crippen LogP contribution in [0.15, 0.2) is 47.4 Å². The van der Waals surface area contributed by atoms with E-state index in [1.165, 1.54) is 6.20 Å². The van der Waals surface area contributed by atoms with E-state index in [9.17, 15) is 14.7 Å². The number of nitrogens with one attached hydrogen (secondary N) is 2. The molecule has 3 N–H and O–H groups in total. The number of pyridine rings is 1. The molecule has 0 radical (unpaired) electrons. The van der Waals surface area contributed by atoms with Gasteiger partial charge in [0.05, 0.1) is 0 Å². The number of amides is 1. The van der Waals surface area contributed by atoms with Crippen molar-refractivity contribution in [2.45, 2.75) is 19.3 Å². The Bertz CT molecular complexity index is 680. The highest BCUT2D eigenvalue weighted by Gasteiger charge is 2.16. The maximum absolute atomic E-state index is 12.2. The Morgan fingerprint density at radius 3 is 2.64 bits per heavy atom. The molecule has 0 saturated carbocycles. The van der Waals surface area contributed by atoms with Crippen molar-refractivity contribution in [1.29, 1.82) is 0 Å². The smallest absolute Gasteiger partial charge is 0.261 e. The summed E-state index contributed by atoms with van der Waals surface area (Å²) in [4.78, 5) is 26.5. The van der Waals surface area contributed by atoms with E-state index >= 15 is 0 Å². The first-order valence-electron chi connectivity index (χ1n) is 7.25. The Balaban J connectivity index is 2.10. The monoisotopic (exact) mass is 300 g/mol. The maximum atomic E-state index is 12.2. The van der Waals surface area contributed by atoms with Gasteiger partial charge in [-0.25, -0.2) is 0 Å². The lowest BCUT2D eigenvalue weighted by molar-refractivity contribution is 0.0947. The van der Waals surface area contributed by atoms with E-state index in [2.05, 4.69) is 10.3 Å². The second-order valence-corrected chi connectivity index (χ2v) is 5.19. The molecule has 22 heavy (non-hydrogen) atoms. The first-order valence-corrected chi connectivity index (χ1v) is 7.25. The third kappa shape index (κ3) is 3.83. The van der Waals surface area contributed by atoms with E-state index in [1.54, 1.807) is 13.0 Å². The van der Waals surface area contributed by atoms with Crippen LogP contribution in [0, 0.1) is 6.92 Å². The molecule has 0 fully saturated rings. The predicted octanol–water partition coefficient (Wildman–Crippen LogP) is 1.58. The minimum absolute atomic E-state index is 0.0123. The molecule has 0 aliphatic heterocycles. The fourth-order valence-electron chi connectivity index (χ4n) is 2.43. The quantitative estimate of drug-likeness (QED) is 0.757. The van der Waals surface area contributed by atoms with Crippen molar-refractivity contribution in [3.8, 4) is 0 Å². The molecule has 5 nitrogen and oxygen atoms in total. The van der Waals surface area contributed by atoms with Gasteiger partial charge in [0, 0.05) is 25.3 Å². The van der Waals surface area contributed by atoms with Gasteiger partial charge in [0.15, 0.2) is 0 Å². The molecular weight excluding hydrogens is 280 g/mol. The van der Waals surface area contributed by atoms with Crippen molar-refractivity contribution in [2.24, 2.45) is 0 Å². The number of carbonyl (C=O) groups excluding carboxylic acids is 1. The average molecular weight is 300 g/mol. The SMILES string of the molecule is Cc1cc[nH]c(=O)c1C(=O)NCC(CCO)c1ccccc1. The minimum atomic E-state index is -0.393. The van der Waals surface area contributed by atoms with Crippen molar-refractivity contribution < 1.29 is 9.90 Å². The van der Waals surface area contributed by atoms with Gasteiger partial charge < -0.3 is 15.4 Å². The van der Waals surface area contributed by atoms with Crippen LogP contribution in [-0.4, -0.2) is 29.1 Å². The van der Waals surface area contributed by atoms with Crippen LogP contribution in [0.25, 0.3) is 0 Å². The fraction of sp³-hybridized carbons (Fsp3) is 0.294. The largest absolute Gasteiger partial charge is 0.396 e. The summed E-state index contributed by atoms with van der Waals surface area (Å²) in [5.41, 5.74) is 1.43. The molecule has 5 heteroatoms. The summed E-state index contributed by atoms with van der Waals surface area (Å²) < 4.78 is 0. The molecular formula is C17H20N2O3. The van der Waals surface area contributed by atoms with E-state index < -0.39 is 11.5 Å². The number of aliphatic hydroxyl groups is 1. The highest BCUT2D eigenvalue weighted by molar-refractivity contribution is 5.95. The highest BCUT2D eigenvalue weighted by Crippen LogP contribution is 2.18. The number of benzene rings is 1. The van der Waals surface area contributed by atoms with Gasteiger partial charge in [-0.2, -0.15) is 0 Å². The average Bonchev–Trinajstić information content (AvgIpc) is 2.52. The molecule has 1 heterocycles. The Morgan fingerprint density at radius 1 is 1.27 bits per heavy atom. The molecule has 0 saturated heterocycles. The number of aliphatic hydroxyl groups excluding tert-OH is 1. The second kappa shape index (κ2) is 7.56. The van der Waals surface area contributed by atoms with Crippen LogP contribution in [0.2, 0.25) is 0 Å². The summed E-state index contributed by atoms with van der Waals surface area (Å²) in [5.74, 6) is -0.378. The van der Waals surface area contributed by atoms with E-state index in [-0.39, 0.29) is 18.1 Å². The molecule has 0 bridgehead atoms. The summed E-state index contributed by atoms with van der Waals surface area (Å²) in [6, 6.07) is 11.4. The van der Waals surface area contributed by atoms with Crippen molar-refractivity contribution in [3.63, 3.8) is 0 Å². The fourth-order valence-corrected chi connectivity index (χ4v) is 2.43. The number of aromatic amines is 1. The molecule has 1 aromatic carbocycles. The first-order chi connectivity index (χ1) is 10.6. The molecule has 2 rings (SSSR count). The van der Waals surface area contributed by atoms with Crippen molar-refractivity contribution >= 4 is 5.91 Å². The topological polar surface area (TPSA) is 82.2 Å². The van der Waals surface area contributed by atoms with E-state index in [4.69, 9.17) is 0 Å². The molecule has 1 amide bonds. The highest BCUT2D eigenvalue weighted by atomic mass is 16.3. The molecule has 1 unspecified atom stereocenters. The van der Waals surface area contributed by atoms with Crippen LogP contribution in [-0.2, 0) is 0 Å². The van der Waals surface area contributed by atoms with Gasteiger partial charge in [0.1, 0.15) is 5.56 Å². The van der Waals surface area contributed by atoms with Crippen LogP contribution in [0.5, 0.6) is 0 Å². The lowest BCUT2D eigenvalue weighted by Crippen LogP contribution is -2.33. The zero-order valence-corrected chi connectivity index (χ0v) is 12.5. The second-order valence-electron chi connectivity index (χ2n) is 5.19. The van der Waals surface area contributed by atoms with Gasteiger partial charge in [-0.1, -0.05) is 30.3 Å². The third-order valence-electron chi connectivity index (χ3n) is 3.65. The minimum Gasteiger partial charge on any atom is -0.396 e. The summed E-state index contributed by atoms with van der Waals surface area (Å²) in [6.45, 7) is 2.14. The first kappa shape index (κ1) is 16.0. The lowest BCUT2D eigenvalue weighted by atomic mass is 9.96. The van der Waals surface area contributed by atoms with Crippen molar-refractivity contribution in [2.75, 3.05) is 13.2 Å².